The quantitative estimate of drug-likeness (QED) is 0.250. The van der Waals surface area contributed by atoms with E-state index in [4.69, 9.17) is 4.74 Å². The van der Waals surface area contributed by atoms with Gasteiger partial charge >= 0.3 is 0 Å². The first-order chi connectivity index (χ1) is 20.0. The summed E-state index contributed by atoms with van der Waals surface area (Å²) in [7, 11) is 1.55. The fourth-order valence-electron chi connectivity index (χ4n) is 5.24. The van der Waals surface area contributed by atoms with E-state index in [0.717, 1.165) is 43.6 Å². The van der Waals surface area contributed by atoms with Crippen molar-refractivity contribution < 1.29 is 18.7 Å². The number of carbonyl (C=O) groups is 2. The van der Waals surface area contributed by atoms with Gasteiger partial charge in [0.1, 0.15) is 11.6 Å². The van der Waals surface area contributed by atoms with Gasteiger partial charge in [0.25, 0.3) is 11.8 Å². The van der Waals surface area contributed by atoms with E-state index in [1.165, 1.54) is 17.7 Å². The molecule has 4 aromatic rings. The van der Waals surface area contributed by atoms with Crippen LogP contribution in [-0.4, -0.2) is 32.0 Å². The van der Waals surface area contributed by atoms with Gasteiger partial charge in [-0.25, -0.2) is 4.39 Å². The monoisotopic (exact) mass is 551 g/mol. The highest BCUT2D eigenvalue weighted by molar-refractivity contribution is 6.06. The van der Waals surface area contributed by atoms with Crippen LogP contribution in [0.1, 0.15) is 44.7 Å². The topological polar surface area (TPSA) is 70.7 Å². The van der Waals surface area contributed by atoms with Crippen LogP contribution in [0.15, 0.2) is 97.1 Å². The number of piperidine rings is 1. The largest absolute Gasteiger partial charge is 0.497 e. The molecule has 0 aromatic heterocycles. The number of nitrogens with zero attached hydrogens (tertiary/aromatic N) is 1. The lowest BCUT2D eigenvalue weighted by atomic mass is 9.89. The lowest BCUT2D eigenvalue weighted by Gasteiger charge is -2.35. The predicted molar refractivity (Wildman–Crippen MR) is 160 cm³/mol. The lowest BCUT2D eigenvalue weighted by molar-refractivity contribution is 0.0950. The van der Waals surface area contributed by atoms with Gasteiger partial charge < -0.3 is 20.3 Å². The Morgan fingerprint density at radius 3 is 2.34 bits per heavy atom. The third-order valence-corrected chi connectivity index (χ3v) is 7.52. The smallest absolute Gasteiger partial charge is 0.255 e. The average molecular weight is 552 g/mol. The molecule has 0 spiro atoms. The Bertz CT molecular complexity index is 1480. The zero-order chi connectivity index (χ0) is 28.6. The maximum Gasteiger partial charge on any atom is 0.255 e. The van der Waals surface area contributed by atoms with E-state index in [9.17, 15) is 14.0 Å². The van der Waals surface area contributed by atoms with Crippen LogP contribution >= 0.6 is 0 Å². The maximum absolute atomic E-state index is 13.5. The van der Waals surface area contributed by atoms with Crippen LogP contribution in [-0.2, 0) is 13.0 Å². The minimum atomic E-state index is -0.322. The first-order valence-corrected chi connectivity index (χ1v) is 13.9. The first-order valence-electron chi connectivity index (χ1n) is 13.9. The minimum absolute atomic E-state index is 0.256. The molecule has 2 N–H and O–H groups in total. The van der Waals surface area contributed by atoms with Gasteiger partial charge in [0.15, 0.2) is 0 Å². The molecule has 1 heterocycles. The average Bonchev–Trinajstić information content (AvgIpc) is 3.01. The molecule has 1 aliphatic rings. The Hall–Kier alpha value is -4.65. The minimum Gasteiger partial charge on any atom is -0.497 e. The van der Waals surface area contributed by atoms with Crippen molar-refractivity contribution in [2.45, 2.75) is 25.8 Å². The van der Waals surface area contributed by atoms with Gasteiger partial charge in [0, 0.05) is 36.6 Å². The summed E-state index contributed by atoms with van der Waals surface area (Å²) in [6, 6.07) is 29.0. The van der Waals surface area contributed by atoms with Crippen LogP contribution in [0.5, 0.6) is 5.75 Å². The molecular formula is C34H34FN3O3. The molecule has 0 bridgehead atoms. The van der Waals surface area contributed by atoms with Crippen LogP contribution in [0.4, 0.5) is 15.8 Å². The summed E-state index contributed by atoms with van der Waals surface area (Å²) in [5.74, 6) is 0.303. The Labute approximate surface area is 240 Å². The number of benzene rings is 4. The number of rotatable bonds is 9. The zero-order valence-electron chi connectivity index (χ0n) is 23.1. The van der Waals surface area contributed by atoms with Crippen molar-refractivity contribution in [3.05, 3.63) is 125 Å². The number of ether oxygens (including phenoxy) is 1. The number of halogens is 1. The van der Waals surface area contributed by atoms with Gasteiger partial charge in [-0.15, -0.1) is 0 Å². The number of hydrogen-bond acceptors (Lipinski definition) is 4. The van der Waals surface area contributed by atoms with Crippen LogP contribution in [0.25, 0.3) is 0 Å². The fourth-order valence-corrected chi connectivity index (χ4v) is 5.24. The van der Waals surface area contributed by atoms with E-state index in [1.54, 1.807) is 49.6 Å². The van der Waals surface area contributed by atoms with Crippen molar-refractivity contribution in [2.75, 3.05) is 30.4 Å². The lowest BCUT2D eigenvalue weighted by Crippen LogP contribution is -2.36. The van der Waals surface area contributed by atoms with Gasteiger partial charge in [-0.3, -0.25) is 9.59 Å². The van der Waals surface area contributed by atoms with Crippen molar-refractivity contribution in [3.63, 3.8) is 0 Å². The van der Waals surface area contributed by atoms with Crippen molar-refractivity contribution in [1.29, 1.82) is 0 Å². The SMILES string of the molecule is COc1cccc(C(=O)Nc2ccc(N3CCC(Cc4ccccc4)CC3)c(C(=O)NCc3ccc(F)cc3)c2)c1. The molecule has 1 saturated heterocycles. The molecule has 5 rings (SSSR count). The van der Waals surface area contributed by atoms with Crippen LogP contribution in [0.3, 0.4) is 0 Å². The predicted octanol–water partition coefficient (Wildman–Crippen LogP) is 6.48. The summed E-state index contributed by atoms with van der Waals surface area (Å²) in [6.07, 6.45) is 3.11. The van der Waals surface area contributed by atoms with E-state index >= 15 is 0 Å². The summed E-state index contributed by atoms with van der Waals surface area (Å²) in [6.45, 7) is 1.94. The van der Waals surface area contributed by atoms with Gasteiger partial charge in [-0.2, -0.15) is 0 Å². The molecule has 0 aliphatic carbocycles. The second-order valence-corrected chi connectivity index (χ2v) is 10.3. The van der Waals surface area contributed by atoms with Crippen molar-refractivity contribution >= 4 is 23.2 Å². The maximum atomic E-state index is 13.5. The molecule has 1 fully saturated rings. The molecule has 6 nitrogen and oxygen atoms in total. The van der Waals surface area contributed by atoms with Gasteiger partial charge in [-0.05, 0) is 84.8 Å². The second kappa shape index (κ2) is 13.1. The molecule has 0 saturated carbocycles. The third kappa shape index (κ3) is 7.31. The molecular weight excluding hydrogens is 517 g/mol. The molecule has 2 amide bonds. The number of carbonyl (C=O) groups excluding carboxylic acids is 2. The summed E-state index contributed by atoms with van der Waals surface area (Å²) in [5, 5.41) is 5.88. The van der Waals surface area contributed by atoms with E-state index in [1.807, 2.05) is 18.2 Å². The first kappa shape index (κ1) is 27.9. The van der Waals surface area contributed by atoms with Crippen molar-refractivity contribution in [3.8, 4) is 5.75 Å². The standard InChI is InChI=1S/C34H34FN3O3/c1-41-30-9-5-8-27(21-30)33(39)37-29-14-15-32(31(22-29)34(40)36-23-26-10-12-28(35)13-11-26)38-18-16-25(17-19-38)20-24-6-3-2-4-7-24/h2-15,21-22,25H,16-20,23H2,1H3,(H,36,40)(H,37,39). The highest BCUT2D eigenvalue weighted by Crippen LogP contribution is 2.30. The van der Waals surface area contributed by atoms with Crippen LogP contribution < -0.4 is 20.3 Å². The molecule has 7 heteroatoms. The normalized spacial score (nSPS) is 13.5. The van der Waals surface area contributed by atoms with Gasteiger partial charge in [0.2, 0.25) is 0 Å². The third-order valence-electron chi connectivity index (χ3n) is 7.52. The fraction of sp³-hybridized carbons (Fsp3) is 0.235. The van der Waals surface area contributed by atoms with Crippen molar-refractivity contribution in [2.24, 2.45) is 5.92 Å². The summed E-state index contributed by atoms with van der Waals surface area (Å²) in [5.41, 5.74) is 4.44. The van der Waals surface area contributed by atoms with Gasteiger partial charge in [0.05, 0.1) is 12.7 Å². The molecule has 4 aromatic carbocycles. The molecule has 41 heavy (non-hydrogen) atoms. The van der Waals surface area contributed by atoms with Crippen molar-refractivity contribution in [1.82, 2.24) is 5.32 Å². The van der Waals surface area contributed by atoms with E-state index in [-0.39, 0.29) is 24.2 Å². The highest BCUT2D eigenvalue weighted by Gasteiger charge is 2.24. The van der Waals surface area contributed by atoms with E-state index < -0.39 is 0 Å². The molecule has 0 atom stereocenters. The Kier molecular flexibility index (Phi) is 8.94. The highest BCUT2D eigenvalue weighted by atomic mass is 19.1. The van der Waals surface area contributed by atoms with E-state index in [2.05, 4.69) is 39.8 Å². The van der Waals surface area contributed by atoms with Crippen LogP contribution in [0, 0.1) is 11.7 Å². The Morgan fingerprint density at radius 1 is 0.854 bits per heavy atom. The Balaban J connectivity index is 1.33. The Morgan fingerprint density at radius 2 is 1.61 bits per heavy atom. The molecule has 0 unspecified atom stereocenters. The number of methoxy groups -OCH3 is 1. The van der Waals surface area contributed by atoms with Gasteiger partial charge in [-0.1, -0.05) is 48.5 Å². The number of amides is 2. The van der Waals surface area contributed by atoms with E-state index in [0.29, 0.717) is 28.5 Å². The second-order valence-electron chi connectivity index (χ2n) is 10.3. The number of anilines is 2. The zero-order valence-corrected chi connectivity index (χ0v) is 23.1. The molecule has 1 aliphatic heterocycles. The molecule has 0 radical (unpaired) electrons. The number of nitrogens with one attached hydrogen (secondary N) is 2. The molecule has 210 valence electrons. The number of hydrogen-bond donors (Lipinski definition) is 2. The summed E-state index contributed by atoms with van der Waals surface area (Å²) >= 11 is 0. The summed E-state index contributed by atoms with van der Waals surface area (Å²) < 4.78 is 18.6. The van der Waals surface area contributed by atoms with Crippen LogP contribution in [0.2, 0.25) is 0 Å². The summed E-state index contributed by atoms with van der Waals surface area (Å²) in [4.78, 5) is 28.7.